The summed E-state index contributed by atoms with van der Waals surface area (Å²) >= 11 is -0.655. The fourth-order valence-electron chi connectivity index (χ4n) is 0.976. The van der Waals surface area contributed by atoms with Crippen molar-refractivity contribution in [3.8, 4) is 0 Å². The van der Waals surface area contributed by atoms with Crippen LogP contribution in [0, 0.1) is 0 Å². The summed E-state index contributed by atoms with van der Waals surface area (Å²) < 4.78 is 40.5. The maximum atomic E-state index is 9.75. The van der Waals surface area contributed by atoms with Crippen LogP contribution in [0.4, 0.5) is 17.3 Å². The van der Waals surface area contributed by atoms with Gasteiger partial charge in [0.05, 0.1) is 0 Å². The molecule has 0 heterocycles. The van der Waals surface area contributed by atoms with E-state index in [1.54, 1.807) is 0 Å². The standard InChI is InChI=1S/C10H13Se.BF4/c1-3-11(4-2)10-8-6-5-7-9-10;2-1(3,4)5/h3,5-9H,1,4H2,2H3;/q+1;-1. The average Bonchev–Trinajstić information content (AvgIpc) is 2.19. The Morgan fingerprint density at radius 1 is 1.19 bits per heavy atom. The van der Waals surface area contributed by atoms with Crippen LogP contribution in [0.5, 0.6) is 0 Å². The van der Waals surface area contributed by atoms with E-state index in [-0.39, 0.29) is 0 Å². The van der Waals surface area contributed by atoms with Crippen molar-refractivity contribution in [2.45, 2.75) is 12.2 Å². The molecule has 0 fully saturated rings. The molecule has 0 spiro atoms. The van der Waals surface area contributed by atoms with E-state index >= 15 is 0 Å². The Morgan fingerprint density at radius 2 is 1.62 bits per heavy atom. The summed E-state index contributed by atoms with van der Waals surface area (Å²) in [4.78, 5) is 2.13. The number of halogens is 4. The molecule has 1 unspecified atom stereocenters. The van der Waals surface area contributed by atoms with Crippen LogP contribution in [0.2, 0.25) is 5.32 Å². The van der Waals surface area contributed by atoms with E-state index in [1.165, 1.54) is 9.78 Å². The fourth-order valence-corrected chi connectivity index (χ4v) is 3.64. The molecule has 0 aliphatic heterocycles. The van der Waals surface area contributed by atoms with Crippen LogP contribution in [0.1, 0.15) is 6.92 Å². The topological polar surface area (TPSA) is 0 Å². The Hall–Kier alpha value is -0.736. The van der Waals surface area contributed by atoms with Crippen molar-refractivity contribution in [1.82, 2.24) is 0 Å². The minimum absolute atomic E-state index is 0.655. The normalized spacial score (nSPS) is 12.3. The third-order valence-corrected chi connectivity index (χ3v) is 5.55. The van der Waals surface area contributed by atoms with Gasteiger partial charge >= 0.3 is 79.7 Å². The van der Waals surface area contributed by atoms with Crippen LogP contribution in [0.3, 0.4) is 0 Å². The van der Waals surface area contributed by atoms with E-state index < -0.39 is 21.2 Å². The molecular weight excluding hydrogens is 286 g/mol. The molecule has 6 heteroatoms. The van der Waals surface area contributed by atoms with Crippen molar-refractivity contribution in [1.29, 1.82) is 0 Å². The molecule has 90 valence electrons. The molecule has 0 amide bonds. The molecule has 1 aromatic rings. The Morgan fingerprint density at radius 3 is 1.94 bits per heavy atom. The molecule has 0 N–H and O–H groups in total. The Bertz CT molecular complexity index is 293. The molecule has 0 saturated heterocycles. The minimum atomic E-state index is -6.00. The van der Waals surface area contributed by atoms with Crippen LogP contribution in [-0.4, -0.2) is 21.2 Å². The predicted molar refractivity (Wildman–Crippen MR) is 62.7 cm³/mol. The van der Waals surface area contributed by atoms with Gasteiger partial charge in [0, 0.05) is 0 Å². The Balaban J connectivity index is 0.000000385. The summed E-state index contributed by atoms with van der Waals surface area (Å²) in [6, 6.07) is 10.7. The zero-order valence-corrected chi connectivity index (χ0v) is 10.6. The van der Waals surface area contributed by atoms with E-state index in [0.717, 1.165) is 0 Å². The van der Waals surface area contributed by atoms with Gasteiger partial charge in [-0.15, -0.1) is 0 Å². The van der Waals surface area contributed by atoms with Gasteiger partial charge in [0.2, 0.25) is 0 Å². The molecule has 0 saturated carbocycles. The predicted octanol–water partition coefficient (Wildman–Crippen LogP) is 3.43. The van der Waals surface area contributed by atoms with E-state index in [0.29, 0.717) is 0 Å². The van der Waals surface area contributed by atoms with Crippen molar-refractivity contribution < 1.29 is 17.3 Å². The van der Waals surface area contributed by atoms with E-state index in [4.69, 9.17) is 0 Å². The monoisotopic (exact) mass is 300 g/mol. The quantitative estimate of drug-likeness (QED) is 0.592. The number of rotatable bonds is 3. The van der Waals surface area contributed by atoms with Crippen molar-refractivity contribution in [2.24, 2.45) is 0 Å². The molecule has 0 bridgehead atoms. The van der Waals surface area contributed by atoms with Gasteiger partial charge in [0.1, 0.15) is 0 Å². The smallest absolute Gasteiger partial charge is 0.418 e. The van der Waals surface area contributed by atoms with Crippen molar-refractivity contribution in [2.75, 3.05) is 0 Å². The van der Waals surface area contributed by atoms with E-state index in [1.807, 2.05) is 0 Å². The van der Waals surface area contributed by atoms with Crippen LogP contribution < -0.4 is 4.46 Å². The van der Waals surface area contributed by atoms with Crippen LogP contribution >= 0.6 is 0 Å². The van der Waals surface area contributed by atoms with E-state index in [9.17, 15) is 17.3 Å². The molecule has 0 radical (unpaired) electrons. The molecule has 1 rings (SSSR count). The molecule has 0 aliphatic carbocycles. The summed E-state index contributed by atoms with van der Waals surface area (Å²) in [5, 5.41) is 1.26. The van der Waals surface area contributed by atoms with Crippen LogP contribution in [-0.2, 0) is 0 Å². The van der Waals surface area contributed by atoms with Gasteiger partial charge in [-0.05, 0) is 0 Å². The molecule has 16 heavy (non-hydrogen) atoms. The van der Waals surface area contributed by atoms with Crippen molar-refractivity contribution in [3.63, 3.8) is 0 Å². The number of hydrogen-bond donors (Lipinski definition) is 0. The number of benzene rings is 1. The Labute approximate surface area is 97.4 Å². The third-order valence-electron chi connectivity index (χ3n) is 1.56. The van der Waals surface area contributed by atoms with Gasteiger partial charge < -0.3 is 17.3 Å². The summed E-state index contributed by atoms with van der Waals surface area (Å²) in [5.41, 5.74) is 0. The first-order valence-electron chi connectivity index (χ1n) is 4.63. The zero-order chi connectivity index (χ0) is 12.6. The molecule has 1 aromatic carbocycles. The average molecular weight is 299 g/mol. The van der Waals surface area contributed by atoms with Gasteiger partial charge in [-0.3, -0.25) is 0 Å². The van der Waals surface area contributed by atoms with Gasteiger partial charge in [-0.2, -0.15) is 0 Å². The minimum Gasteiger partial charge on any atom is -0.418 e. The summed E-state index contributed by atoms with van der Waals surface area (Å²) in [6.45, 7) is 6.10. The second kappa shape index (κ2) is 7.52. The maximum Gasteiger partial charge on any atom is 0.673 e. The van der Waals surface area contributed by atoms with Gasteiger partial charge in [0.15, 0.2) is 0 Å². The molecule has 1 atom stereocenters. The summed E-state index contributed by atoms with van der Waals surface area (Å²) in [6.07, 6.45) is 0. The summed E-state index contributed by atoms with van der Waals surface area (Å²) in [5.74, 6) is 0. The van der Waals surface area contributed by atoms with Gasteiger partial charge in [0.25, 0.3) is 0 Å². The second-order valence-electron chi connectivity index (χ2n) is 2.69. The van der Waals surface area contributed by atoms with Crippen LogP contribution in [0.15, 0.2) is 41.9 Å². The Kier molecular flexibility index (Phi) is 7.18. The van der Waals surface area contributed by atoms with E-state index in [2.05, 4.69) is 48.8 Å². The second-order valence-corrected chi connectivity index (χ2v) is 7.39. The number of hydrogen-bond acceptors (Lipinski definition) is 0. The first kappa shape index (κ1) is 15.3. The maximum absolute atomic E-state index is 9.75. The first-order valence-corrected chi connectivity index (χ1v) is 7.68. The molecule has 0 nitrogen and oxygen atoms in total. The van der Waals surface area contributed by atoms with Gasteiger partial charge in [-0.1, -0.05) is 0 Å². The third kappa shape index (κ3) is 8.56. The largest absolute Gasteiger partial charge is 0.673 e. The fraction of sp³-hybridized carbons (Fsp3) is 0.200. The van der Waals surface area contributed by atoms with Gasteiger partial charge in [-0.25, -0.2) is 0 Å². The van der Waals surface area contributed by atoms with Crippen LogP contribution in [0.25, 0.3) is 0 Å². The van der Waals surface area contributed by atoms with Crippen molar-refractivity contribution in [3.05, 3.63) is 41.9 Å². The molecule has 0 aliphatic rings. The summed E-state index contributed by atoms with van der Waals surface area (Å²) in [7, 11) is -6.00. The molecular formula is C10H13BF4Se. The van der Waals surface area contributed by atoms with Crippen molar-refractivity contribution >= 4 is 25.6 Å². The SMILES string of the molecule is C=C[Se+](CC)c1ccccc1.F[B-](F)(F)F. The molecule has 0 aromatic heterocycles. The first-order chi connectivity index (χ1) is 7.38. The zero-order valence-electron chi connectivity index (χ0n) is 8.88.